The zero-order valence-electron chi connectivity index (χ0n) is 9.90. The number of anilines is 1. The number of ether oxygens (including phenoxy) is 2. The zero-order chi connectivity index (χ0) is 11.4. The molecule has 0 aliphatic carbocycles. The van der Waals surface area contributed by atoms with Crippen LogP contribution in [0.3, 0.4) is 0 Å². The molecule has 16 heavy (non-hydrogen) atoms. The number of benzene rings is 1. The maximum Gasteiger partial charge on any atom is 0.119 e. The number of hydrogen-bond donors (Lipinski definition) is 1. The number of hydrogen-bond acceptors (Lipinski definition) is 3. The van der Waals surface area contributed by atoms with Gasteiger partial charge in [-0.15, -0.1) is 0 Å². The average Bonchev–Trinajstić information content (AvgIpc) is 2.73. The van der Waals surface area contributed by atoms with Gasteiger partial charge in [0.25, 0.3) is 0 Å². The van der Waals surface area contributed by atoms with Gasteiger partial charge in [0.2, 0.25) is 0 Å². The van der Waals surface area contributed by atoms with E-state index in [4.69, 9.17) is 9.47 Å². The van der Waals surface area contributed by atoms with Gasteiger partial charge in [-0.25, -0.2) is 0 Å². The highest BCUT2D eigenvalue weighted by molar-refractivity contribution is 5.47. The minimum Gasteiger partial charge on any atom is -0.491 e. The fourth-order valence-corrected chi connectivity index (χ4v) is 1.79. The lowest BCUT2D eigenvalue weighted by atomic mass is 10.2. The van der Waals surface area contributed by atoms with E-state index in [1.165, 1.54) is 0 Å². The predicted octanol–water partition coefficient (Wildman–Crippen LogP) is 2.67. The molecule has 0 radical (unpaired) electrons. The molecule has 1 aliphatic rings. The molecule has 1 saturated heterocycles. The molecule has 0 saturated carbocycles. The van der Waals surface area contributed by atoms with Gasteiger partial charge in [0, 0.05) is 12.3 Å². The minimum atomic E-state index is 0.224. The van der Waals surface area contributed by atoms with Crippen LogP contribution in [0.25, 0.3) is 0 Å². The standard InChI is InChI=1S/C13H19NO2/c1-10(2)16-13-5-3-11(4-6-13)14-12-7-8-15-9-12/h3-6,10,12,14H,7-9H2,1-2H3. The van der Waals surface area contributed by atoms with Crippen LogP contribution in [0.15, 0.2) is 24.3 Å². The summed E-state index contributed by atoms with van der Waals surface area (Å²) in [6.45, 7) is 5.74. The van der Waals surface area contributed by atoms with E-state index in [2.05, 4.69) is 17.4 Å². The minimum absolute atomic E-state index is 0.224. The molecule has 0 aromatic heterocycles. The van der Waals surface area contributed by atoms with Crippen LogP contribution in [0.1, 0.15) is 20.3 Å². The van der Waals surface area contributed by atoms with E-state index in [1.54, 1.807) is 0 Å². The first-order valence-electron chi connectivity index (χ1n) is 5.85. The lowest BCUT2D eigenvalue weighted by Crippen LogP contribution is -2.18. The SMILES string of the molecule is CC(C)Oc1ccc(NC2CCOC2)cc1. The van der Waals surface area contributed by atoms with Gasteiger partial charge in [-0.05, 0) is 44.5 Å². The highest BCUT2D eigenvalue weighted by Gasteiger charge is 2.14. The fourth-order valence-electron chi connectivity index (χ4n) is 1.79. The Morgan fingerprint density at radius 1 is 1.31 bits per heavy atom. The van der Waals surface area contributed by atoms with Crippen molar-refractivity contribution >= 4 is 5.69 Å². The van der Waals surface area contributed by atoms with Crippen molar-refractivity contribution in [1.29, 1.82) is 0 Å². The van der Waals surface area contributed by atoms with E-state index in [0.29, 0.717) is 6.04 Å². The van der Waals surface area contributed by atoms with Gasteiger partial charge >= 0.3 is 0 Å². The smallest absolute Gasteiger partial charge is 0.119 e. The summed E-state index contributed by atoms with van der Waals surface area (Å²) in [5.41, 5.74) is 1.13. The molecule has 0 bridgehead atoms. The molecule has 0 spiro atoms. The highest BCUT2D eigenvalue weighted by atomic mass is 16.5. The van der Waals surface area contributed by atoms with Crippen molar-refractivity contribution in [3.63, 3.8) is 0 Å². The van der Waals surface area contributed by atoms with Crippen molar-refractivity contribution in [2.45, 2.75) is 32.4 Å². The summed E-state index contributed by atoms with van der Waals surface area (Å²) in [6.07, 6.45) is 1.31. The van der Waals surface area contributed by atoms with E-state index in [0.717, 1.165) is 31.1 Å². The second-order valence-electron chi connectivity index (χ2n) is 4.40. The Balaban J connectivity index is 1.90. The number of nitrogens with one attached hydrogen (secondary N) is 1. The van der Waals surface area contributed by atoms with Gasteiger partial charge < -0.3 is 14.8 Å². The third-order valence-corrected chi connectivity index (χ3v) is 2.53. The first kappa shape index (κ1) is 11.3. The van der Waals surface area contributed by atoms with Gasteiger partial charge in [0.15, 0.2) is 0 Å². The molecule has 1 fully saturated rings. The molecule has 1 N–H and O–H groups in total. The monoisotopic (exact) mass is 221 g/mol. The summed E-state index contributed by atoms with van der Waals surface area (Å²) < 4.78 is 10.9. The Kier molecular flexibility index (Phi) is 3.67. The van der Waals surface area contributed by atoms with Crippen molar-refractivity contribution in [2.24, 2.45) is 0 Å². The summed E-state index contributed by atoms with van der Waals surface area (Å²) in [6, 6.07) is 8.55. The van der Waals surface area contributed by atoms with Crippen LogP contribution in [0.5, 0.6) is 5.75 Å². The molecule has 1 aromatic carbocycles. The molecule has 88 valence electrons. The first-order valence-corrected chi connectivity index (χ1v) is 5.85. The van der Waals surface area contributed by atoms with Crippen LogP contribution in [0, 0.1) is 0 Å². The maximum absolute atomic E-state index is 5.59. The summed E-state index contributed by atoms with van der Waals surface area (Å²) >= 11 is 0. The van der Waals surface area contributed by atoms with Crippen molar-refractivity contribution in [2.75, 3.05) is 18.5 Å². The summed E-state index contributed by atoms with van der Waals surface area (Å²) in [5, 5.41) is 3.44. The molecule has 2 rings (SSSR count). The van der Waals surface area contributed by atoms with E-state index in [9.17, 15) is 0 Å². The Hall–Kier alpha value is -1.22. The van der Waals surface area contributed by atoms with Crippen LogP contribution >= 0.6 is 0 Å². The second kappa shape index (κ2) is 5.21. The lowest BCUT2D eigenvalue weighted by Gasteiger charge is -2.13. The predicted molar refractivity (Wildman–Crippen MR) is 65.1 cm³/mol. The van der Waals surface area contributed by atoms with Crippen LogP contribution in [-0.2, 0) is 4.74 Å². The van der Waals surface area contributed by atoms with Crippen LogP contribution in [0.4, 0.5) is 5.69 Å². The van der Waals surface area contributed by atoms with Gasteiger partial charge in [-0.3, -0.25) is 0 Å². The van der Waals surface area contributed by atoms with Gasteiger partial charge in [0.05, 0.1) is 18.8 Å². The van der Waals surface area contributed by atoms with Gasteiger partial charge in [0.1, 0.15) is 5.75 Å². The molecule has 3 heteroatoms. The van der Waals surface area contributed by atoms with Crippen molar-refractivity contribution < 1.29 is 9.47 Å². The molecule has 3 nitrogen and oxygen atoms in total. The van der Waals surface area contributed by atoms with Crippen molar-refractivity contribution in [3.8, 4) is 5.75 Å². The third kappa shape index (κ3) is 3.14. The molecular weight excluding hydrogens is 202 g/mol. The molecule has 0 amide bonds. The topological polar surface area (TPSA) is 30.5 Å². The van der Waals surface area contributed by atoms with E-state index in [-0.39, 0.29) is 6.10 Å². The Labute approximate surface area is 96.8 Å². The lowest BCUT2D eigenvalue weighted by molar-refractivity contribution is 0.195. The summed E-state index contributed by atoms with van der Waals surface area (Å²) in [4.78, 5) is 0. The highest BCUT2D eigenvalue weighted by Crippen LogP contribution is 2.19. The maximum atomic E-state index is 5.59. The second-order valence-corrected chi connectivity index (χ2v) is 4.40. The van der Waals surface area contributed by atoms with E-state index >= 15 is 0 Å². The van der Waals surface area contributed by atoms with E-state index in [1.807, 2.05) is 26.0 Å². The quantitative estimate of drug-likeness (QED) is 0.848. The van der Waals surface area contributed by atoms with Gasteiger partial charge in [-0.2, -0.15) is 0 Å². The van der Waals surface area contributed by atoms with Gasteiger partial charge in [-0.1, -0.05) is 0 Å². The van der Waals surface area contributed by atoms with Crippen LogP contribution in [0.2, 0.25) is 0 Å². The first-order chi connectivity index (χ1) is 7.74. The Morgan fingerprint density at radius 2 is 2.06 bits per heavy atom. The van der Waals surface area contributed by atoms with Crippen LogP contribution < -0.4 is 10.1 Å². The zero-order valence-corrected chi connectivity index (χ0v) is 9.90. The van der Waals surface area contributed by atoms with Crippen molar-refractivity contribution in [1.82, 2.24) is 0 Å². The molecular formula is C13H19NO2. The van der Waals surface area contributed by atoms with E-state index < -0.39 is 0 Å². The Morgan fingerprint density at radius 3 is 2.62 bits per heavy atom. The molecule has 1 aromatic rings. The summed E-state index contributed by atoms with van der Waals surface area (Å²) in [7, 11) is 0. The molecule has 1 unspecified atom stereocenters. The molecule has 1 heterocycles. The molecule has 1 atom stereocenters. The fraction of sp³-hybridized carbons (Fsp3) is 0.538. The van der Waals surface area contributed by atoms with Crippen LogP contribution in [-0.4, -0.2) is 25.4 Å². The molecule has 1 aliphatic heterocycles. The average molecular weight is 221 g/mol. The summed E-state index contributed by atoms with van der Waals surface area (Å²) in [5.74, 6) is 0.920. The normalized spacial score (nSPS) is 20.1. The Bertz CT molecular complexity index is 315. The largest absolute Gasteiger partial charge is 0.491 e. The van der Waals surface area contributed by atoms with Crippen molar-refractivity contribution in [3.05, 3.63) is 24.3 Å². The number of rotatable bonds is 4. The third-order valence-electron chi connectivity index (χ3n) is 2.53.